The van der Waals surface area contributed by atoms with Crippen molar-refractivity contribution in [3.8, 4) is 0 Å². The highest BCUT2D eigenvalue weighted by atomic mass is 16.6. The first kappa shape index (κ1) is 10.6. The summed E-state index contributed by atoms with van der Waals surface area (Å²) in [5.74, 6) is -1.26. The Labute approximate surface area is 91.9 Å². The van der Waals surface area contributed by atoms with Gasteiger partial charge in [0.1, 0.15) is 0 Å². The number of carboxylic acids is 1. The van der Waals surface area contributed by atoms with Crippen LogP contribution in [0.2, 0.25) is 0 Å². The first-order valence-electron chi connectivity index (χ1n) is 4.98. The minimum absolute atomic E-state index is 0.0585. The molecule has 1 aromatic carbocycles. The van der Waals surface area contributed by atoms with E-state index in [0.717, 1.165) is 5.56 Å². The number of benzene rings is 1. The SMILES string of the molecule is Cc1ccc([C@@H]2C[C@H]2C(=O)O)cc1[N+](=O)[O-]. The lowest BCUT2D eigenvalue weighted by Crippen LogP contribution is -1.99. The molecule has 0 unspecified atom stereocenters. The summed E-state index contributed by atoms with van der Waals surface area (Å²) in [6, 6.07) is 4.93. The van der Waals surface area contributed by atoms with Crippen molar-refractivity contribution in [3.63, 3.8) is 0 Å². The van der Waals surface area contributed by atoms with Crippen LogP contribution in [0.4, 0.5) is 5.69 Å². The molecular formula is C11H11NO4. The van der Waals surface area contributed by atoms with E-state index in [1.165, 1.54) is 6.07 Å². The molecule has 1 aliphatic carbocycles. The van der Waals surface area contributed by atoms with Gasteiger partial charge in [-0.1, -0.05) is 12.1 Å². The van der Waals surface area contributed by atoms with E-state index >= 15 is 0 Å². The Bertz CT molecular complexity index is 469. The number of aryl methyl sites for hydroxylation is 1. The third-order valence-corrected chi connectivity index (χ3v) is 2.97. The number of hydrogen-bond acceptors (Lipinski definition) is 3. The Kier molecular flexibility index (Phi) is 2.38. The second-order valence-corrected chi connectivity index (χ2v) is 4.09. The van der Waals surface area contributed by atoms with Gasteiger partial charge in [0.2, 0.25) is 0 Å². The highest BCUT2D eigenvalue weighted by Gasteiger charge is 2.44. The van der Waals surface area contributed by atoms with Crippen molar-refractivity contribution in [1.29, 1.82) is 0 Å². The summed E-state index contributed by atoms with van der Waals surface area (Å²) in [5.41, 5.74) is 1.42. The number of rotatable bonds is 3. The summed E-state index contributed by atoms with van der Waals surface area (Å²) in [7, 11) is 0. The van der Waals surface area contributed by atoms with Crippen molar-refractivity contribution in [2.24, 2.45) is 5.92 Å². The predicted octanol–water partition coefficient (Wildman–Crippen LogP) is 2.09. The second kappa shape index (κ2) is 3.59. The van der Waals surface area contributed by atoms with Gasteiger partial charge in [0, 0.05) is 11.6 Å². The van der Waals surface area contributed by atoms with Gasteiger partial charge in [0.15, 0.2) is 0 Å². The molecule has 0 radical (unpaired) electrons. The lowest BCUT2D eigenvalue weighted by atomic mass is 10.1. The molecule has 16 heavy (non-hydrogen) atoms. The molecule has 5 heteroatoms. The largest absolute Gasteiger partial charge is 0.481 e. The predicted molar refractivity (Wildman–Crippen MR) is 56.3 cm³/mol. The zero-order chi connectivity index (χ0) is 11.9. The monoisotopic (exact) mass is 221 g/mol. The molecule has 84 valence electrons. The maximum absolute atomic E-state index is 10.7. The lowest BCUT2D eigenvalue weighted by molar-refractivity contribution is -0.385. The molecule has 1 saturated carbocycles. The van der Waals surface area contributed by atoms with Crippen molar-refractivity contribution in [2.75, 3.05) is 0 Å². The van der Waals surface area contributed by atoms with Crippen LogP contribution < -0.4 is 0 Å². The fraction of sp³-hybridized carbons (Fsp3) is 0.364. The number of hydrogen-bond donors (Lipinski definition) is 1. The van der Waals surface area contributed by atoms with E-state index in [2.05, 4.69) is 0 Å². The fourth-order valence-electron chi connectivity index (χ4n) is 1.89. The van der Waals surface area contributed by atoms with Crippen LogP contribution in [0, 0.1) is 23.0 Å². The van der Waals surface area contributed by atoms with Crippen LogP contribution in [0.1, 0.15) is 23.5 Å². The molecule has 0 aromatic heterocycles. The Morgan fingerprint density at radius 2 is 2.25 bits per heavy atom. The van der Waals surface area contributed by atoms with E-state index in [-0.39, 0.29) is 17.5 Å². The minimum Gasteiger partial charge on any atom is -0.481 e. The van der Waals surface area contributed by atoms with E-state index < -0.39 is 10.9 Å². The van der Waals surface area contributed by atoms with Crippen molar-refractivity contribution >= 4 is 11.7 Å². The number of nitro groups is 1. The van der Waals surface area contributed by atoms with Gasteiger partial charge < -0.3 is 5.11 Å². The molecule has 1 aliphatic rings. The second-order valence-electron chi connectivity index (χ2n) is 4.09. The lowest BCUT2D eigenvalue weighted by Gasteiger charge is -2.01. The molecule has 0 amide bonds. The summed E-state index contributed by atoms with van der Waals surface area (Å²) in [6.07, 6.45) is 0.579. The summed E-state index contributed by atoms with van der Waals surface area (Å²) >= 11 is 0. The van der Waals surface area contributed by atoms with Gasteiger partial charge in [-0.05, 0) is 24.8 Å². The molecule has 0 aliphatic heterocycles. The normalized spacial score (nSPS) is 22.8. The van der Waals surface area contributed by atoms with Gasteiger partial charge in [-0.3, -0.25) is 14.9 Å². The van der Waals surface area contributed by atoms with Gasteiger partial charge in [-0.25, -0.2) is 0 Å². The van der Waals surface area contributed by atoms with Crippen LogP contribution in [0.25, 0.3) is 0 Å². The van der Waals surface area contributed by atoms with E-state index in [9.17, 15) is 14.9 Å². The number of nitro benzene ring substituents is 1. The molecule has 2 rings (SSSR count). The highest BCUT2D eigenvalue weighted by Crippen LogP contribution is 2.48. The van der Waals surface area contributed by atoms with Gasteiger partial charge in [-0.15, -0.1) is 0 Å². The molecule has 5 nitrogen and oxygen atoms in total. The van der Waals surface area contributed by atoms with E-state index in [4.69, 9.17) is 5.11 Å². The van der Waals surface area contributed by atoms with Gasteiger partial charge >= 0.3 is 5.97 Å². The van der Waals surface area contributed by atoms with Crippen LogP contribution in [0.5, 0.6) is 0 Å². The first-order chi connectivity index (χ1) is 7.50. The summed E-state index contributed by atoms with van der Waals surface area (Å²) in [4.78, 5) is 21.0. The van der Waals surface area contributed by atoms with Crippen LogP contribution in [-0.2, 0) is 4.79 Å². The first-order valence-corrected chi connectivity index (χ1v) is 4.98. The summed E-state index contributed by atoms with van der Waals surface area (Å²) in [6.45, 7) is 1.67. The van der Waals surface area contributed by atoms with Gasteiger partial charge in [0.05, 0.1) is 10.8 Å². The fourth-order valence-corrected chi connectivity index (χ4v) is 1.89. The number of carbonyl (C=O) groups is 1. The van der Waals surface area contributed by atoms with E-state index in [1.807, 2.05) is 0 Å². The van der Waals surface area contributed by atoms with Crippen LogP contribution in [0.3, 0.4) is 0 Å². The van der Waals surface area contributed by atoms with E-state index in [1.54, 1.807) is 19.1 Å². The van der Waals surface area contributed by atoms with Gasteiger partial charge in [0.25, 0.3) is 5.69 Å². The number of aliphatic carboxylic acids is 1. The van der Waals surface area contributed by atoms with Crippen LogP contribution in [-0.4, -0.2) is 16.0 Å². The zero-order valence-corrected chi connectivity index (χ0v) is 8.71. The van der Waals surface area contributed by atoms with Gasteiger partial charge in [-0.2, -0.15) is 0 Å². The van der Waals surface area contributed by atoms with Crippen LogP contribution in [0.15, 0.2) is 18.2 Å². The zero-order valence-electron chi connectivity index (χ0n) is 8.71. The van der Waals surface area contributed by atoms with Crippen molar-refractivity contribution in [2.45, 2.75) is 19.3 Å². The van der Waals surface area contributed by atoms with Crippen molar-refractivity contribution < 1.29 is 14.8 Å². The average Bonchev–Trinajstić information content (AvgIpc) is 2.97. The number of carboxylic acid groups (broad SMARTS) is 1. The average molecular weight is 221 g/mol. The molecule has 0 bridgehead atoms. The molecule has 1 N–H and O–H groups in total. The maximum Gasteiger partial charge on any atom is 0.307 e. The minimum atomic E-state index is -0.826. The quantitative estimate of drug-likeness (QED) is 0.626. The molecule has 2 atom stereocenters. The molecule has 1 aromatic rings. The third-order valence-electron chi connectivity index (χ3n) is 2.97. The third kappa shape index (κ3) is 1.76. The standard InChI is InChI=1S/C11H11NO4/c1-6-2-3-7(4-10(6)12(15)16)8-5-9(8)11(13)14/h2-4,8-9H,5H2,1H3,(H,13,14)/t8-,9+/m0/s1. The molecule has 0 spiro atoms. The topological polar surface area (TPSA) is 80.4 Å². The maximum atomic E-state index is 10.7. The van der Waals surface area contributed by atoms with E-state index in [0.29, 0.717) is 12.0 Å². The Hall–Kier alpha value is -1.91. The van der Waals surface area contributed by atoms with Crippen molar-refractivity contribution in [1.82, 2.24) is 0 Å². The molecule has 0 saturated heterocycles. The summed E-state index contributed by atoms with van der Waals surface area (Å²) in [5, 5.41) is 19.5. The Morgan fingerprint density at radius 3 is 2.75 bits per heavy atom. The summed E-state index contributed by atoms with van der Waals surface area (Å²) < 4.78 is 0. The van der Waals surface area contributed by atoms with Crippen molar-refractivity contribution in [3.05, 3.63) is 39.4 Å². The Balaban J connectivity index is 2.28. The highest BCUT2D eigenvalue weighted by molar-refractivity contribution is 5.75. The van der Waals surface area contributed by atoms with Crippen LogP contribution >= 0.6 is 0 Å². The Morgan fingerprint density at radius 1 is 1.56 bits per heavy atom. The molecule has 1 fully saturated rings. The smallest absolute Gasteiger partial charge is 0.307 e. The molecule has 0 heterocycles. The number of nitrogens with zero attached hydrogens (tertiary/aromatic N) is 1. The molecular weight excluding hydrogens is 210 g/mol.